The highest BCUT2D eigenvalue weighted by Crippen LogP contribution is 2.33. The molecule has 1 aromatic heterocycles. The molecule has 1 aliphatic heterocycles. The van der Waals surface area contributed by atoms with Gasteiger partial charge < -0.3 is 5.11 Å². The van der Waals surface area contributed by atoms with Crippen molar-refractivity contribution in [3.05, 3.63) is 29.8 Å². The molecule has 16 heavy (non-hydrogen) atoms. The van der Waals surface area contributed by atoms with Crippen LogP contribution in [-0.4, -0.2) is 34.8 Å². The van der Waals surface area contributed by atoms with Crippen molar-refractivity contribution < 1.29 is 9.50 Å². The average Bonchev–Trinajstić information content (AvgIpc) is 2.71. The Kier molecular flexibility index (Phi) is 3.48. The van der Waals surface area contributed by atoms with Crippen molar-refractivity contribution in [3.63, 3.8) is 0 Å². The summed E-state index contributed by atoms with van der Waals surface area (Å²) in [5.41, 5.74) is 3.91. The number of pyridine rings is 1. The van der Waals surface area contributed by atoms with Crippen LogP contribution in [0, 0.1) is 5.82 Å². The van der Waals surface area contributed by atoms with Gasteiger partial charge >= 0.3 is 0 Å². The average molecular weight is 225 g/mol. The number of aliphatic hydroxyl groups is 1. The molecule has 1 fully saturated rings. The number of nitrogens with one attached hydrogen (secondary N) is 1. The quantitative estimate of drug-likeness (QED) is 0.800. The highest BCUT2D eigenvalue weighted by molar-refractivity contribution is 5.16. The molecule has 2 atom stereocenters. The van der Waals surface area contributed by atoms with Gasteiger partial charge in [0.15, 0.2) is 0 Å². The first kappa shape index (κ1) is 11.4. The minimum absolute atomic E-state index is 0.0883. The van der Waals surface area contributed by atoms with Gasteiger partial charge in [-0.1, -0.05) is 0 Å². The minimum Gasteiger partial charge on any atom is -0.395 e. The largest absolute Gasteiger partial charge is 0.395 e. The van der Waals surface area contributed by atoms with Gasteiger partial charge in [-0.3, -0.25) is 10.4 Å². The van der Waals surface area contributed by atoms with Crippen LogP contribution in [0.15, 0.2) is 18.5 Å². The Morgan fingerprint density at radius 1 is 1.56 bits per heavy atom. The van der Waals surface area contributed by atoms with Gasteiger partial charge in [-0.2, -0.15) is 0 Å². The van der Waals surface area contributed by atoms with E-state index < -0.39 is 0 Å². The molecule has 1 aromatic rings. The molecule has 0 spiro atoms. The van der Waals surface area contributed by atoms with Gasteiger partial charge in [0.1, 0.15) is 5.82 Å². The van der Waals surface area contributed by atoms with Crippen LogP contribution in [0.25, 0.3) is 0 Å². The Morgan fingerprint density at radius 3 is 3.00 bits per heavy atom. The maximum absolute atomic E-state index is 13.1. The monoisotopic (exact) mass is 225 g/mol. The maximum Gasteiger partial charge on any atom is 0.141 e. The van der Waals surface area contributed by atoms with Crippen molar-refractivity contribution in [2.75, 3.05) is 13.7 Å². The van der Waals surface area contributed by atoms with E-state index >= 15 is 0 Å². The van der Waals surface area contributed by atoms with Gasteiger partial charge in [0.25, 0.3) is 0 Å². The molecule has 2 N–H and O–H groups in total. The number of halogens is 1. The van der Waals surface area contributed by atoms with E-state index in [4.69, 9.17) is 0 Å². The SMILES string of the molecule is CNN1C(CO)CCC1c1cncc(F)c1. The number of aromatic nitrogens is 1. The molecule has 88 valence electrons. The predicted molar refractivity (Wildman–Crippen MR) is 57.9 cm³/mol. The van der Waals surface area contributed by atoms with Crippen LogP contribution in [-0.2, 0) is 0 Å². The molecule has 0 aromatic carbocycles. The summed E-state index contributed by atoms with van der Waals surface area (Å²) in [5.74, 6) is -0.319. The summed E-state index contributed by atoms with van der Waals surface area (Å²) in [6.45, 7) is 0.111. The van der Waals surface area contributed by atoms with Gasteiger partial charge in [0, 0.05) is 12.2 Å². The van der Waals surface area contributed by atoms with Crippen LogP contribution >= 0.6 is 0 Å². The van der Waals surface area contributed by atoms with Crippen molar-refractivity contribution in [1.82, 2.24) is 15.4 Å². The summed E-state index contributed by atoms with van der Waals surface area (Å²) in [4.78, 5) is 3.86. The van der Waals surface area contributed by atoms with E-state index in [9.17, 15) is 9.50 Å². The Bertz CT molecular complexity index is 361. The zero-order valence-electron chi connectivity index (χ0n) is 9.23. The van der Waals surface area contributed by atoms with Crippen molar-refractivity contribution >= 4 is 0 Å². The zero-order valence-corrected chi connectivity index (χ0v) is 9.23. The second-order valence-corrected chi connectivity index (χ2v) is 4.00. The van der Waals surface area contributed by atoms with Gasteiger partial charge in [0.2, 0.25) is 0 Å². The summed E-state index contributed by atoms with van der Waals surface area (Å²) in [6, 6.07) is 1.69. The fourth-order valence-corrected chi connectivity index (χ4v) is 2.34. The Labute approximate surface area is 94.1 Å². The normalized spacial score (nSPS) is 26.2. The maximum atomic E-state index is 13.1. The van der Waals surface area contributed by atoms with E-state index in [1.807, 2.05) is 12.1 Å². The topological polar surface area (TPSA) is 48.4 Å². The van der Waals surface area contributed by atoms with Gasteiger partial charge in [0.05, 0.1) is 18.8 Å². The molecule has 0 radical (unpaired) electrons. The molecular weight excluding hydrogens is 209 g/mol. The summed E-state index contributed by atoms with van der Waals surface area (Å²) >= 11 is 0. The van der Waals surface area contributed by atoms with Crippen LogP contribution < -0.4 is 5.43 Å². The molecule has 1 saturated heterocycles. The van der Waals surface area contributed by atoms with E-state index in [0.29, 0.717) is 0 Å². The number of hydrogen-bond acceptors (Lipinski definition) is 4. The fraction of sp³-hybridized carbons (Fsp3) is 0.545. The van der Waals surface area contributed by atoms with Crippen molar-refractivity contribution in [2.24, 2.45) is 0 Å². The molecule has 2 unspecified atom stereocenters. The lowest BCUT2D eigenvalue weighted by Gasteiger charge is -2.28. The molecule has 1 aliphatic rings. The lowest BCUT2D eigenvalue weighted by molar-refractivity contribution is 0.0875. The van der Waals surface area contributed by atoms with Gasteiger partial charge in [-0.05, 0) is 31.5 Å². The number of hydrogen-bond donors (Lipinski definition) is 2. The minimum atomic E-state index is -0.319. The molecule has 0 aliphatic carbocycles. The smallest absolute Gasteiger partial charge is 0.141 e. The number of aliphatic hydroxyl groups excluding tert-OH is 1. The van der Waals surface area contributed by atoms with E-state index in [-0.39, 0.29) is 24.5 Å². The second kappa shape index (κ2) is 4.86. The Balaban J connectivity index is 2.21. The van der Waals surface area contributed by atoms with Gasteiger partial charge in [-0.25, -0.2) is 9.40 Å². The lowest BCUT2D eigenvalue weighted by Crippen LogP contribution is -2.42. The Hall–Kier alpha value is -1.04. The highest BCUT2D eigenvalue weighted by atomic mass is 19.1. The Morgan fingerprint density at radius 2 is 2.38 bits per heavy atom. The molecular formula is C11H16FN3O. The van der Waals surface area contributed by atoms with Crippen LogP contribution in [0.4, 0.5) is 4.39 Å². The third kappa shape index (κ3) is 2.07. The van der Waals surface area contributed by atoms with Gasteiger partial charge in [-0.15, -0.1) is 0 Å². The van der Waals surface area contributed by atoms with E-state index in [0.717, 1.165) is 18.4 Å². The molecule has 0 amide bonds. The number of nitrogens with zero attached hydrogens (tertiary/aromatic N) is 2. The molecule has 0 saturated carbocycles. The zero-order chi connectivity index (χ0) is 11.5. The molecule has 2 rings (SSSR count). The molecule has 0 bridgehead atoms. The first-order chi connectivity index (χ1) is 7.76. The molecule has 4 nitrogen and oxygen atoms in total. The first-order valence-electron chi connectivity index (χ1n) is 5.43. The van der Waals surface area contributed by atoms with Crippen LogP contribution in [0.1, 0.15) is 24.4 Å². The lowest BCUT2D eigenvalue weighted by atomic mass is 10.1. The fourth-order valence-electron chi connectivity index (χ4n) is 2.34. The van der Waals surface area contributed by atoms with Crippen molar-refractivity contribution in [1.29, 1.82) is 0 Å². The third-order valence-corrected chi connectivity index (χ3v) is 3.08. The predicted octanol–water partition coefficient (Wildman–Crippen LogP) is 0.853. The summed E-state index contributed by atoms with van der Waals surface area (Å²) < 4.78 is 13.1. The second-order valence-electron chi connectivity index (χ2n) is 4.00. The summed E-state index contributed by atoms with van der Waals surface area (Å²) in [7, 11) is 1.81. The number of hydrazine groups is 1. The van der Waals surface area contributed by atoms with E-state index in [1.165, 1.54) is 12.3 Å². The van der Waals surface area contributed by atoms with Crippen molar-refractivity contribution in [3.8, 4) is 0 Å². The standard InChI is InChI=1S/C11H16FN3O/c1-13-15-10(7-16)2-3-11(15)8-4-9(12)6-14-5-8/h4-6,10-11,13,16H,2-3,7H2,1H3. The van der Waals surface area contributed by atoms with Crippen LogP contribution in [0.3, 0.4) is 0 Å². The number of rotatable bonds is 3. The van der Waals surface area contributed by atoms with Crippen molar-refractivity contribution in [2.45, 2.75) is 24.9 Å². The van der Waals surface area contributed by atoms with Crippen LogP contribution in [0.5, 0.6) is 0 Å². The summed E-state index contributed by atoms with van der Waals surface area (Å²) in [5, 5.41) is 11.2. The van der Waals surface area contributed by atoms with E-state index in [1.54, 1.807) is 6.20 Å². The van der Waals surface area contributed by atoms with Crippen LogP contribution in [0.2, 0.25) is 0 Å². The molecule has 5 heteroatoms. The summed E-state index contributed by atoms with van der Waals surface area (Å²) in [6.07, 6.45) is 4.68. The highest BCUT2D eigenvalue weighted by Gasteiger charge is 2.33. The first-order valence-corrected chi connectivity index (χ1v) is 5.43. The third-order valence-electron chi connectivity index (χ3n) is 3.08. The molecule has 2 heterocycles. The van der Waals surface area contributed by atoms with E-state index in [2.05, 4.69) is 10.4 Å².